The van der Waals surface area contributed by atoms with E-state index in [2.05, 4.69) is 29.8 Å². The van der Waals surface area contributed by atoms with Crippen molar-refractivity contribution in [2.45, 2.75) is 19.8 Å². The fraction of sp³-hybridized carbons (Fsp3) is 0.211. The first kappa shape index (κ1) is 17.3. The van der Waals surface area contributed by atoms with Gasteiger partial charge >= 0.3 is 5.97 Å². The molecule has 0 aromatic heterocycles. The Balaban J connectivity index is 2.09. The van der Waals surface area contributed by atoms with E-state index in [0.29, 0.717) is 17.4 Å². The van der Waals surface area contributed by atoms with Crippen molar-refractivity contribution in [1.82, 2.24) is 0 Å². The van der Waals surface area contributed by atoms with E-state index < -0.39 is 5.97 Å². The molecule has 0 heterocycles. The summed E-state index contributed by atoms with van der Waals surface area (Å²) in [6.07, 6.45) is 3.07. The van der Waals surface area contributed by atoms with Crippen LogP contribution in [0.1, 0.15) is 30.9 Å². The van der Waals surface area contributed by atoms with Gasteiger partial charge in [0.25, 0.3) is 0 Å². The Morgan fingerprint density at radius 2 is 1.87 bits per heavy atom. The highest BCUT2D eigenvalue weighted by Gasteiger charge is 2.08. The number of halogens is 1. The molecule has 2 rings (SSSR count). The van der Waals surface area contributed by atoms with E-state index in [9.17, 15) is 4.79 Å². The molecule has 0 aliphatic rings. The molecule has 2 aromatic rings. The number of rotatable bonds is 5. The van der Waals surface area contributed by atoms with E-state index in [1.165, 1.54) is 11.6 Å². The van der Waals surface area contributed by atoms with Gasteiger partial charge in [-0.2, -0.15) is 0 Å². The summed E-state index contributed by atoms with van der Waals surface area (Å²) in [5.74, 6) is 1.19. The first-order chi connectivity index (χ1) is 11.0. The molecule has 0 N–H and O–H groups in total. The summed E-state index contributed by atoms with van der Waals surface area (Å²) >= 11 is 3.44. The largest absolute Gasteiger partial charge is 0.496 e. The number of carbonyl (C=O) groups is 1. The number of para-hydroxylation sites is 1. The molecule has 3 nitrogen and oxygen atoms in total. The van der Waals surface area contributed by atoms with Crippen LogP contribution in [0.2, 0.25) is 0 Å². The Bertz CT molecular complexity index is 720. The molecule has 0 amide bonds. The van der Waals surface area contributed by atoms with Gasteiger partial charge in [0.05, 0.1) is 11.6 Å². The normalized spacial score (nSPS) is 11.0. The highest BCUT2D eigenvalue weighted by atomic mass is 79.9. The number of hydrogen-bond acceptors (Lipinski definition) is 3. The summed E-state index contributed by atoms with van der Waals surface area (Å²) in [5, 5.41) is 0. The van der Waals surface area contributed by atoms with Crippen molar-refractivity contribution in [2.24, 2.45) is 0 Å². The second kappa shape index (κ2) is 7.97. The lowest BCUT2D eigenvalue weighted by Crippen LogP contribution is -2.04. The van der Waals surface area contributed by atoms with Crippen LogP contribution in [-0.4, -0.2) is 13.1 Å². The Kier molecular flexibility index (Phi) is 5.99. The molecule has 0 saturated carbocycles. The zero-order chi connectivity index (χ0) is 16.8. The first-order valence-corrected chi connectivity index (χ1v) is 8.13. The Hall–Kier alpha value is -2.07. The lowest BCUT2D eigenvalue weighted by Gasteiger charge is -2.09. The van der Waals surface area contributed by atoms with Gasteiger partial charge in [-0.15, -0.1) is 0 Å². The van der Waals surface area contributed by atoms with E-state index in [1.54, 1.807) is 19.3 Å². The van der Waals surface area contributed by atoms with Gasteiger partial charge in [0.1, 0.15) is 11.5 Å². The quantitative estimate of drug-likeness (QED) is 0.409. The summed E-state index contributed by atoms with van der Waals surface area (Å²) in [4.78, 5) is 12.0. The van der Waals surface area contributed by atoms with Crippen LogP contribution in [0.3, 0.4) is 0 Å². The summed E-state index contributed by atoms with van der Waals surface area (Å²) < 4.78 is 11.4. The third-order valence-electron chi connectivity index (χ3n) is 3.37. The van der Waals surface area contributed by atoms with Gasteiger partial charge in [-0.1, -0.05) is 38.1 Å². The zero-order valence-corrected chi connectivity index (χ0v) is 15.0. The molecule has 0 radical (unpaired) electrons. The van der Waals surface area contributed by atoms with E-state index in [4.69, 9.17) is 9.47 Å². The second-order valence-corrected chi connectivity index (χ2v) is 6.20. The van der Waals surface area contributed by atoms with Crippen molar-refractivity contribution in [3.8, 4) is 11.5 Å². The summed E-state index contributed by atoms with van der Waals surface area (Å²) in [6.45, 7) is 4.23. The number of esters is 1. The molecular formula is C19H19BrO3. The molecule has 0 fully saturated rings. The molecule has 0 unspecified atom stereocenters. The van der Waals surface area contributed by atoms with Crippen LogP contribution in [0, 0.1) is 0 Å². The van der Waals surface area contributed by atoms with Crippen molar-refractivity contribution in [1.29, 1.82) is 0 Å². The average molecular weight is 375 g/mol. The van der Waals surface area contributed by atoms with Gasteiger partial charge < -0.3 is 9.47 Å². The molecule has 0 saturated heterocycles. The zero-order valence-electron chi connectivity index (χ0n) is 13.4. The lowest BCUT2D eigenvalue weighted by atomic mass is 10.0. The summed E-state index contributed by atoms with van der Waals surface area (Å²) in [6, 6.07) is 13.2. The monoisotopic (exact) mass is 374 g/mol. The Labute approximate surface area is 145 Å². The molecule has 0 spiro atoms. The molecule has 120 valence electrons. The van der Waals surface area contributed by atoms with Gasteiger partial charge in [0.2, 0.25) is 0 Å². The number of carbonyl (C=O) groups excluding carboxylic acids is 1. The molecule has 0 bridgehead atoms. The van der Waals surface area contributed by atoms with E-state index in [-0.39, 0.29) is 0 Å². The van der Waals surface area contributed by atoms with Crippen LogP contribution in [-0.2, 0) is 4.79 Å². The van der Waals surface area contributed by atoms with Crippen LogP contribution in [0.25, 0.3) is 6.08 Å². The summed E-state index contributed by atoms with van der Waals surface area (Å²) in [7, 11) is 1.60. The molecule has 0 aliphatic carbocycles. The first-order valence-electron chi connectivity index (χ1n) is 7.33. The van der Waals surface area contributed by atoms with E-state index in [1.807, 2.05) is 36.4 Å². The molecule has 2 aromatic carbocycles. The van der Waals surface area contributed by atoms with Crippen molar-refractivity contribution in [2.75, 3.05) is 7.11 Å². The maximum Gasteiger partial charge on any atom is 0.336 e. The Morgan fingerprint density at radius 3 is 2.52 bits per heavy atom. The van der Waals surface area contributed by atoms with Gasteiger partial charge in [0.15, 0.2) is 0 Å². The van der Waals surface area contributed by atoms with Crippen molar-refractivity contribution in [3.05, 3.63) is 64.1 Å². The number of hydrogen-bond donors (Lipinski definition) is 0. The Morgan fingerprint density at radius 1 is 1.13 bits per heavy atom. The number of benzene rings is 2. The maximum absolute atomic E-state index is 12.0. The summed E-state index contributed by atoms with van der Waals surface area (Å²) in [5.41, 5.74) is 2.00. The van der Waals surface area contributed by atoms with Crippen molar-refractivity contribution >= 4 is 28.0 Å². The van der Waals surface area contributed by atoms with Gasteiger partial charge in [-0.05, 0) is 51.7 Å². The standard InChI is InChI=1S/C19H19BrO3/c1-13(2)15-8-10-18(16(20)12-15)23-19(21)11-9-14-6-4-5-7-17(14)22-3/h4-13H,1-3H3. The number of methoxy groups -OCH3 is 1. The molecule has 0 aliphatic heterocycles. The SMILES string of the molecule is COc1ccccc1C=CC(=O)Oc1ccc(C(C)C)cc1Br. The third kappa shape index (κ3) is 4.70. The van der Waals surface area contributed by atoms with Crippen molar-refractivity contribution < 1.29 is 14.3 Å². The van der Waals surface area contributed by atoms with Crippen molar-refractivity contribution in [3.63, 3.8) is 0 Å². The molecule has 23 heavy (non-hydrogen) atoms. The van der Waals surface area contributed by atoms with E-state index in [0.717, 1.165) is 10.0 Å². The highest BCUT2D eigenvalue weighted by Crippen LogP contribution is 2.29. The fourth-order valence-corrected chi connectivity index (χ4v) is 2.54. The van der Waals surface area contributed by atoms with Gasteiger partial charge in [-0.25, -0.2) is 4.79 Å². The minimum absolute atomic E-state index is 0.418. The van der Waals surface area contributed by atoms with E-state index >= 15 is 0 Å². The topological polar surface area (TPSA) is 35.5 Å². The van der Waals surface area contributed by atoms with Crippen LogP contribution in [0.4, 0.5) is 0 Å². The predicted octanol–water partition coefficient (Wildman–Crippen LogP) is 5.20. The minimum atomic E-state index is -0.436. The van der Waals surface area contributed by atoms with Crippen LogP contribution < -0.4 is 9.47 Å². The smallest absolute Gasteiger partial charge is 0.336 e. The minimum Gasteiger partial charge on any atom is -0.496 e. The average Bonchev–Trinajstić information content (AvgIpc) is 2.54. The second-order valence-electron chi connectivity index (χ2n) is 5.34. The number of ether oxygens (including phenoxy) is 2. The highest BCUT2D eigenvalue weighted by molar-refractivity contribution is 9.10. The molecule has 4 heteroatoms. The van der Waals surface area contributed by atoms with Crippen LogP contribution in [0.5, 0.6) is 11.5 Å². The molecule has 0 atom stereocenters. The molecular weight excluding hydrogens is 356 g/mol. The van der Waals surface area contributed by atoms with Gasteiger partial charge in [-0.3, -0.25) is 0 Å². The lowest BCUT2D eigenvalue weighted by molar-refractivity contribution is -0.128. The van der Waals surface area contributed by atoms with Crippen LogP contribution in [0.15, 0.2) is 53.0 Å². The van der Waals surface area contributed by atoms with Gasteiger partial charge in [0, 0.05) is 11.6 Å². The van der Waals surface area contributed by atoms with Crippen LogP contribution >= 0.6 is 15.9 Å². The predicted molar refractivity (Wildman–Crippen MR) is 95.9 cm³/mol. The third-order valence-corrected chi connectivity index (χ3v) is 3.99. The maximum atomic E-state index is 12.0. The fourth-order valence-electron chi connectivity index (χ4n) is 2.06.